The van der Waals surface area contributed by atoms with Crippen molar-refractivity contribution in [2.45, 2.75) is 19.4 Å². The van der Waals surface area contributed by atoms with E-state index in [2.05, 4.69) is 30.9 Å². The van der Waals surface area contributed by atoms with E-state index in [0.29, 0.717) is 16.9 Å². The molecule has 0 saturated heterocycles. The van der Waals surface area contributed by atoms with Crippen molar-refractivity contribution < 1.29 is 4.79 Å². The number of amides is 1. The molecule has 1 atom stereocenters. The normalized spacial score (nSPS) is 12.3. The van der Waals surface area contributed by atoms with Gasteiger partial charge in [0.05, 0.1) is 11.6 Å². The molecule has 9 nitrogen and oxygen atoms in total. The largest absolute Gasteiger partial charge is 0.370 e. The van der Waals surface area contributed by atoms with Gasteiger partial charge in [0.25, 0.3) is 0 Å². The van der Waals surface area contributed by atoms with Crippen LogP contribution >= 0.6 is 0 Å². The molecule has 0 bridgehead atoms. The number of nitrogens with one attached hydrogen (secondary N) is 3. The van der Waals surface area contributed by atoms with Crippen molar-refractivity contribution in [3.05, 3.63) is 6.20 Å². The van der Waals surface area contributed by atoms with Crippen LogP contribution < -0.4 is 22.3 Å². The van der Waals surface area contributed by atoms with Crippen LogP contribution in [0.5, 0.6) is 0 Å². The molecule has 0 fully saturated rings. The minimum Gasteiger partial charge on any atom is -0.370 e. The Bertz CT molecular complexity index is 565. The molecule has 18 heavy (non-hydrogen) atoms. The van der Waals surface area contributed by atoms with Crippen molar-refractivity contribution in [2.75, 3.05) is 10.7 Å². The predicted octanol–water partition coefficient (Wildman–Crippen LogP) is -0.686. The number of anilines is 2. The second-order valence-electron chi connectivity index (χ2n) is 3.89. The molecule has 96 valence electrons. The molecule has 0 aromatic carbocycles. The van der Waals surface area contributed by atoms with Gasteiger partial charge in [0.2, 0.25) is 11.9 Å². The monoisotopic (exact) mass is 250 g/mol. The number of aromatic amines is 1. The summed E-state index contributed by atoms with van der Waals surface area (Å²) in [6.07, 6.45) is 1.80. The van der Waals surface area contributed by atoms with E-state index in [1.165, 1.54) is 0 Å². The van der Waals surface area contributed by atoms with Gasteiger partial charge in [-0.05, 0) is 6.92 Å². The topological polar surface area (TPSA) is 148 Å². The number of H-pyrrole nitrogens is 1. The van der Waals surface area contributed by atoms with Crippen LogP contribution in [0.4, 0.5) is 11.8 Å². The number of nitrogens with zero attached hydrogens (tertiary/aromatic N) is 3. The molecule has 0 aliphatic heterocycles. The number of rotatable bonds is 5. The molecule has 2 heterocycles. The number of aromatic nitrogens is 4. The Labute approximate surface area is 102 Å². The van der Waals surface area contributed by atoms with Gasteiger partial charge < -0.3 is 11.1 Å². The lowest BCUT2D eigenvalue weighted by molar-refractivity contribution is -0.118. The SMILES string of the molecule is CC(CC(N)=O)Nc1nc(NN)nc2[nH]ncc12. The van der Waals surface area contributed by atoms with E-state index in [4.69, 9.17) is 11.6 Å². The third kappa shape index (κ3) is 2.46. The molecule has 1 amide bonds. The quantitative estimate of drug-likeness (QED) is 0.348. The van der Waals surface area contributed by atoms with E-state index in [9.17, 15) is 4.79 Å². The maximum atomic E-state index is 10.8. The van der Waals surface area contributed by atoms with Crippen LogP contribution in [0, 0.1) is 0 Å². The minimum atomic E-state index is -0.385. The summed E-state index contributed by atoms with van der Waals surface area (Å²) in [4.78, 5) is 19.1. The molecule has 2 aromatic heterocycles. The number of primary amides is 1. The number of hydrogen-bond donors (Lipinski definition) is 5. The average molecular weight is 250 g/mol. The van der Waals surface area contributed by atoms with E-state index >= 15 is 0 Å². The molecule has 9 heteroatoms. The lowest BCUT2D eigenvalue weighted by Crippen LogP contribution is -2.24. The zero-order chi connectivity index (χ0) is 13.1. The molecule has 1 unspecified atom stereocenters. The zero-order valence-corrected chi connectivity index (χ0v) is 9.77. The van der Waals surface area contributed by atoms with Crippen molar-refractivity contribution >= 4 is 28.7 Å². The van der Waals surface area contributed by atoms with Crippen molar-refractivity contribution in [3.63, 3.8) is 0 Å². The Hall–Kier alpha value is -2.42. The third-order valence-electron chi connectivity index (χ3n) is 2.33. The Kier molecular flexibility index (Phi) is 3.24. The maximum Gasteiger partial charge on any atom is 0.241 e. The van der Waals surface area contributed by atoms with Crippen LogP contribution in [-0.4, -0.2) is 32.1 Å². The first-order chi connectivity index (χ1) is 8.60. The first kappa shape index (κ1) is 12.0. The summed E-state index contributed by atoms with van der Waals surface area (Å²) in [5.74, 6) is 5.68. The van der Waals surface area contributed by atoms with Crippen LogP contribution in [0.15, 0.2) is 6.20 Å². The number of hydrazine groups is 1. The summed E-state index contributed by atoms with van der Waals surface area (Å²) in [5.41, 5.74) is 8.04. The maximum absolute atomic E-state index is 10.8. The summed E-state index contributed by atoms with van der Waals surface area (Å²) in [7, 11) is 0. The molecule has 2 aromatic rings. The van der Waals surface area contributed by atoms with Crippen molar-refractivity contribution in [3.8, 4) is 0 Å². The number of nitrogen functional groups attached to an aromatic ring is 1. The lowest BCUT2D eigenvalue weighted by Gasteiger charge is -2.13. The Morgan fingerprint density at radius 1 is 1.56 bits per heavy atom. The Balaban J connectivity index is 2.30. The van der Waals surface area contributed by atoms with Crippen molar-refractivity contribution in [2.24, 2.45) is 11.6 Å². The van der Waals surface area contributed by atoms with E-state index in [1.54, 1.807) is 6.20 Å². The Morgan fingerprint density at radius 3 is 3.00 bits per heavy atom. The molecular formula is C9H14N8O. The second kappa shape index (κ2) is 4.84. The van der Waals surface area contributed by atoms with Crippen LogP contribution in [0.3, 0.4) is 0 Å². The van der Waals surface area contributed by atoms with Gasteiger partial charge in [-0.15, -0.1) is 0 Å². The van der Waals surface area contributed by atoms with E-state index in [1.807, 2.05) is 6.92 Å². The van der Waals surface area contributed by atoms with Gasteiger partial charge in [0.15, 0.2) is 5.65 Å². The minimum absolute atomic E-state index is 0.152. The zero-order valence-electron chi connectivity index (χ0n) is 9.77. The van der Waals surface area contributed by atoms with Gasteiger partial charge in [-0.3, -0.25) is 15.3 Å². The summed E-state index contributed by atoms with van der Waals surface area (Å²) >= 11 is 0. The standard InChI is InChI=1S/C9H14N8O/c1-4(2-6(10)18)13-7-5-3-12-17-8(5)15-9(14-7)16-11/h3-4H,2,11H2,1H3,(H2,10,18)(H3,12,13,14,15,16,17). The van der Waals surface area contributed by atoms with E-state index in [-0.39, 0.29) is 24.3 Å². The predicted molar refractivity (Wildman–Crippen MR) is 66.4 cm³/mol. The second-order valence-corrected chi connectivity index (χ2v) is 3.89. The van der Waals surface area contributed by atoms with E-state index < -0.39 is 0 Å². The fourth-order valence-corrected chi connectivity index (χ4v) is 1.60. The highest BCUT2D eigenvalue weighted by atomic mass is 16.1. The molecule has 0 aliphatic carbocycles. The summed E-state index contributed by atoms with van der Waals surface area (Å²) < 4.78 is 0. The highest BCUT2D eigenvalue weighted by Gasteiger charge is 2.12. The number of nitrogens with two attached hydrogens (primary N) is 2. The number of fused-ring (bicyclic) bond motifs is 1. The molecule has 0 spiro atoms. The van der Waals surface area contributed by atoms with Gasteiger partial charge >= 0.3 is 0 Å². The number of carbonyl (C=O) groups excluding carboxylic acids is 1. The fourth-order valence-electron chi connectivity index (χ4n) is 1.60. The fraction of sp³-hybridized carbons (Fsp3) is 0.333. The molecule has 0 saturated carbocycles. The van der Waals surface area contributed by atoms with Crippen molar-refractivity contribution in [1.29, 1.82) is 0 Å². The third-order valence-corrected chi connectivity index (χ3v) is 2.33. The summed E-state index contributed by atoms with van der Waals surface area (Å²) in [5, 5.41) is 10.4. The molecule has 2 rings (SSSR count). The molecule has 7 N–H and O–H groups in total. The number of hydrogen-bond acceptors (Lipinski definition) is 7. The van der Waals surface area contributed by atoms with Gasteiger partial charge in [0.1, 0.15) is 5.82 Å². The van der Waals surface area contributed by atoms with Crippen LogP contribution in [-0.2, 0) is 4.79 Å². The smallest absolute Gasteiger partial charge is 0.241 e. The number of carbonyl (C=O) groups is 1. The van der Waals surface area contributed by atoms with Crippen LogP contribution in [0.25, 0.3) is 11.0 Å². The molecular weight excluding hydrogens is 236 g/mol. The van der Waals surface area contributed by atoms with Gasteiger partial charge in [-0.2, -0.15) is 15.1 Å². The summed E-state index contributed by atoms with van der Waals surface area (Å²) in [6, 6.07) is -0.152. The lowest BCUT2D eigenvalue weighted by atomic mass is 10.2. The molecule has 0 aliphatic rings. The first-order valence-electron chi connectivity index (χ1n) is 5.32. The van der Waals surface area contributed by atoms with Gasteiger partial charge in [0, 0.05) is 12.5 Å². The van der Waals surface area contributed by atoms with E-state index in [0.717, 1.165) is 0 Å². The summed E-state index contributed by atoms with van der Waals surface area (Å²) in [6.45, 7) is 1.83. The highest BCUT2D eigenvalue weighted by Crippen LogP contribution is 2.20. The van der Waals surface area contributed by atoms with Gasteiger partial charge in [-0.1, -0.05) is 0 Å². The van der Waals surface area contributed by atoms with Gasteiger partial charge in [-0.25, -0.2) is 5.84 Å². The average Bonchev–Trinajstić information content (AvgIpc) is 2.75. The first-order valence-corrected chi connectivity index (χ1v) is 5.32. The van der Waals surface area contributed by atoms with Crippen molar-refractivity contribution in [1.82, 2.24) is 20.2 Å². The highest BCUT2D eigenvalue weighted by molar-refractivity contribution is 5.87. The van der Waals surface area contributed by atoms with Crippen LogP contribution in [0.1, 0.15) is 13.3 Å². The Morgan fingerprint density at radius 2 is 2.33 bits per heavy atom. The molecule has 0 radical (unpaired) electrons. The van der Waals surface area contributed by atoms with Crippen LogP contribution in [0.2, 0.25) is 0 Å².